The summed E-state index contributed by atoms with van der Waals surface area (Å²) in [5.41, 5.74) is 6.80. The number of carboxylic acids is 1. The first-order valence-corrected chi connectivity index (χ1v) is 7.02. The third-order valence-corrected chi connectivity index (χ3v) is 3.79. The molecule has 21 heavy (non-hydrogen) atoms. The minimum Gasteiger partial charge on any atom is -0.508 e. The van der Waals surface area contributed by atoms with Crippen molar-refractivity contribution in [1.82, 2.24) is 4.90 Å². The zero-order valence-electron chi connectivity index (χ0n) is 11.7. The number of nitrogens with two attached hydrogens (primary N) is 1. The van der Waals surface area contributed by atoms with Crippen LogP contribution in [0.15, 0.2) is 24.3 Å². The van der Waals surface area contributed by atoms with Crippen molar-refractivity contribution >= 4 is 11.9 Å². The van der Waals surface area contributed by atoms with Gasteiger partial charge in [-0.2, -0.15) is 0 Å². The number of piperidine rings is 1. The topological polar surface area (TPSA) is 104 Å². The highest BCUT2D eigenvalue weighted by atomic mass is 16.4. The first-order valence-electron chi connectivity index (χ1n) is 7.02. The average molecular weight is 292 g/mol. The van der Waals surface area contributed by atoms with Gasteiger partial charge in [0.05, 0.1) is 12.0 Å². The van der Waals surface area contributed by atoms with Gasteiger partial charge in [-0.1, -0.05) is 12.1 Å². The van der Waals surface area contributed by atoms with Gasteiger partial charge in [-0.15, -0.1) is 0 Å². The molecule has 1 heterocycles. The molecule has 1 amide bonds. The Bertz CT molecular complexity index is 515. The van der Waals surface area contributed by atoms with Crippen molar-refractivity contribution in [3.63, 3.8) is 0 Å². The Morgan fingerprint density at radius 2 is 2.00 bits per heavy atom. The first-order chi connectivity index (χ1) is 9.97. The van der Waals surface area contributed by atoms with Crippen LogP contribution in [0.3, 0.4) is 0 Å². The second-order valence-electron chi connectivity index (χ2n) is 5.44. The number of aliphatic carboxylic acids is 1. The number of hydrogen-bond acceptors (Lipinski definition) is 4. The van der Waals surface area contributed by atoms with Gasteiger partial charge in [0, 0.05) is 13.1 Å². The van der Waals surface area contributed by atoms with Crippen molar-refractivity contribution in [1.29, 1.82) is 0 Å². The number of carbonyl (C=O) groups excluding carboxylic acids is 1. The lowest BCUT2D eigenvalue weighted by Crippen LogP contribution is -2.49. The molecule has 114 valence electrons. The molecule has 6 nitrogen and oxygen atoms in total. The monoisotopic (exact) mass is 292 g/mol. The van der Waals surface area contributed by atoms with Crippen LogP contribution in [0.1, 0.15) is 18.4 Å². The SMILES string of the molecule is N[C@@H](Cc1ccc(O)cc1)C(=O)N1CCCC(C(=O)O)C1. The van der Waals surface area contributed by atoms with Crippen molar-refractivity contribution in [2.75, 3.05) is 13.1 Å². The molecule has 0 aromatic heterocycles. The number of phenolic OH excluding ortho intramolecular Hbond substituents is 1. The van der Waals surface area contributed by atoms with Crippen LogP contribution in [0, 0.1) is 5.92 Å². The van der Waals surface area contributed by atoms with Gasteiger partial charge < -0.3 is 20.8 Å². The molecule has 2 atom stereocenters. The number of aromatic hydroxyl groups is 1. The number of amides is 1. The Morgan fingerprint density at radius 3 is 2.62 bits per heavy atom. The smallest absolute Gasteiger partial charge is 0.308 e. The number of phenols is 1. The Balaban J connectivity index is 1.95. The summed E-state index contributed by atoms with van der Waals surface area (Å²) in [5, 5.41) is 18.3. The maximum Gasteiger partial charge on any atom is 0.308 e. The molecule has 0 bridgehead atoms. The molecule has 1 unspecified atom stereocenters. The molecule has 2 rings (SSSR count). The normalized spacial score (nSPS) is 20.0. The number of rotatable bonds is 4. The molecule has 1 saturated heterocycles. The molecule has 0 radical (unpaired) electrons. The molecule has 1 aromatic carbocycles. The second-order valence-corrected chi connectivity index (χ2v) is 5.44. The lowest BCUT2D eigenvalue weighted by molar-refractivity contribution is -0.146. The van der Waals surface area contributed by atoms with Crippen LogP contribution in [0.2, 0.25) is 0 Å². The minimum absolute atomic E-state index is 0.166. The van der Waals surface area contributed by atoms with Crippen LogP contribution in [-0.4, -0.2) is 46.1 Å². The predicted octanol–water partition coefficient (Wildman–Crippen LogP) is 0.585. The van der Waals surface area contributed by atoms with Crippen LogP contribution < -0.4 is 5.73 Å². The largest absolute Gasteiger partial charge is 0.508 e. The standard InChI is InChI=1S/C15H20N2O4/c16-13(8-10-3-5-12(18)6-4-10)14(19)17-7-1-2-11(9-17)15(20)21/h3-6,11,13,18H,1-2,7-9,16H2,(H,20,21)/t11?,13-/m0/s1. The fourth-order valence-electron chi connectivity index (χ4n) is 2.59. The lowest BCUT2D eigenvalue weighted by Gasteiger charge is -2.32. The maximum absolute atomic E-state index is 12.3. The fraction of sp³-hybridized carbons (Fsp3) is 0.467. The summed E-state index contributed by atoms with van der Waals surface area (Å²) in [6, 6.07) is 5.85. The van der Waals surface area contributed by atoms with Gasteiger partial charge in [-0.05, 0) is 37.0 Å². The van der Waals surface area contributed by atoms with Gasteiger partial charge in [-0.3, -0.25) is 9.59 Å². The molecule has 6 heteroatoms. The van der Waals surface area contributed by atoms with E-state index >= 15 is 0 Å². The van der Waals surface area contributed by atoms with E-state index in [0.717, 1.165) is 5.56 Å². The molecular formula is C15H20N2O4. The van der Waals surface area contributed by atoms with Crippen molar-refractivity contribution in [2.45, 2.75) is 25.3 Å². The Morgan fingerprint density at radius 1 is 1.33 bits per heavy atom. The van der Waals surface area contributed by atoms with Gasteiger partial charge in [0.25, 0.3) is 0 Å². The van der Waals surface area contributed by atoms with E-state index in [0.29, 0.717) is 25.8 Å². The van der Waals surface area contributed by atoms with E-state index in [2.05, 4.69) is 0 Å². The highest BCUT2D eigenvalue weighted by Crippen LogP contribution is 2.18. The average Bonchev–Trinajstić information content (AvgIpc) is 2.49. The Kier molecular flexibility index (Phi) is 4.80. The second kappa shape index (κ2) is 6.58. The number of nitrogens with zero attached hydrogens (tertiary/aromatic N) is 1. The van der Waals surface area contributed by atoms with Crippen LogP contribution in [0.4, 0.5) is 0 Å². The number of carbonyl (C=O) groups is 2. The summed E-state index contributed by atoms with van der Waals surface area (Å²) in [5.74, 6) is -1.41. The zero-order valence-corrected chi connectivity index (χ0v) is 11.7. The summed E-state index contributed by atoms with van der Waals surface area (Å²) in [4.78, 5) is 24.9. The van der Waals surface area contributed by atoms with Crippen LogP contribution in [0.5, 0.6) is 5.75 Å². The van der Waals surface area contributed by atoms with Crippen LogP contribution in [0.25, 0.3) is 0 Å². The molecule has 0 aliphatic carbocycles. The number of hydrogen-bond donors (Lipinski definition) is 3. The van der Waals surface area contributed by atoms with Gasteiger partial charge in [-0.25, -0.2) is 0 Å². The molecule has 4 N–H and O–H groups in total. The van der Waals surface area contributed by atoms with Crippen molar-refractivity contribution in [2.24, 2.45) is 11.7 Å². The van der Waals surface area contributed by atoms with Crippen LogP contribution >= 0.6 is 0 Å². The van der Waals surface area contributed by atoms with Crippen molar-refractivity contribution < 1.29 is 19.8 Å². The van der Waals surface area contributed by atoms with E-state index in [4.69, 9.17) is 10.8 Å². The fourth-order valence-corrected chi connectivity index (χ4v) is 2.59. The molecule has 1 aromatic rings. The molecule has 1 aliphatic heterocycles. The van der Waals surface area contributed by atoms with E-state index in [9.17, 15) is 14.7 Å². The highest BCUT2D eigenvalue weighted by molar-refractivity contribution is 5.83. The number of benzene rings is 1. The van der Waals surface area contributed by atoms with Crippen LogP contribution in [-0.2, 0) is 16.0 Å². The van der Waals surface area contributed by atoms with Gasteiger partial charge >= 0.3 is 5.97 Å². The summed E-state index contributed by atoms with van der Waals surface area (Å²) in [6.07, 6.45) is 1.66. The quantitative estimate of drug-likeness (QED) is 0.753. The highest BCUT2D eigenvalue weighted by Gasteiger charge is 2.30. The number of carboxylic acid groups (broad SMARTS) is 1. The molecule has 0 saturated carbocycles. The first kappa shape index (κ1) is 15.3. The van der Waals surface area contributed by atoms with E-state index in [-0.39, 0.29) is 18.2 Å². The van der Waals surface area contributed by atoms with Crippen molar-refractivity contribution in [3.8, 4) is 5.75 Å². The van der Waals surface area contributed by atoms with E-state index in [1.165, 1.54) is 0 Å². The summed E-state index contributed by atoms with van der Waals surface area (Å²) < 4.78 is 0. The number of likely N-dealkylation sites (tertiary alicyclic amines) is 1. The third-order valence-electron chi connectivity index (χ3n) is 3.79. The molecule has 0 spiro atoms. The van der Waals surface area contributed by atoms with E-state index in [1.54, 1.807) is 29.2 Å². The molecule has 1 fully saturated rings. The van der Waals surface area contributed by atoms with Gasteiger partial charge in [0.2, 0.25) is 5.91 Å². The molecular weight excluding hydrogens is 272 g/mol. The van der Waals surface area contributed by atoms with E-state index < -0.39 is 17.9 Å². The summed E-state index contributed by atoms with van der Waals surface area (Å²) in [6.45, 7) is 0.795. The summed E-state index contributed by atoms with van der Waals surface area (Å²) in [7, 11) is 0. The van der Waals surface area contributed by atoms with Crippen molar-refractivity contribution in [3.05, 3.63) is 29.8 Å². The predicted molar refractivity (Wildman–Crippen MR) is 76.7 cm³/mol. The molecule has 1 aliphatic rings. The summed E-state index contributed by atoms with van der Waals surface area (Å²) >= 11 is 0. The lowest BCUT2D eigenvalue weighted by atomic mass is 9.97. The minimum atomic E-state index is -0.861. The third kappa shape index (κ3) is 3.95. The van der Waals surface area contributed by atoms with Gasteiger partial charge in [0.1, 0.15) is 5.75 Å². The zero-order chi connectivity index (χ0) is 15.4. The van der Waals surface area contributed by atoms with Gasteiger partial charge in [0.15, 0.2) is 0 Å². The Labute approximate surface area is 123 Å². The van der Waals surface area contributed by atoms with E-state index in [1.807, 2.05) is 0 Å². The maximum atomic E-state index is 12.3. The Hall–Kier alpha value is -2.08.